The third-order valence-corrected chi connectivity index (χ3v) is 10.0. The molecule has 8 rings (SSSR count). The fourth-order valence-electron chi connectivity index (χ4n) is 7.23. The van der Waals surface area contributed by atoms with Gasteiger partial charge in [-0.25, -0.2) is 13.2 Å². The van der Waals surface area contributed by atoms with Gasteiger partial charge < -0.3 is 19.5 Å². The van der Waals surface area contributed by atoms with Crippen molar-refractivity contribution in [2.75, 3.05) is 20.3 Å². The van der Waals surface area contributed by atoms with Crippen molar-refractivity contribution >= 4 is 17.2 Å². The van der Waals surface area contributed by atoms with E-state index < -0.39 is 42.0 Å². The highest BCUT2D eigenvalue weighted by molar-refractivity contribution is 7.14. The predicted octanol–water partition coefficient (Wildman–Crippen LogP) is 5.69. The second-order valence-electron chi connectivity index (χ2n) is 11.3. The molecule has 11 heteroatoms. The molecule has 2 fully saturated rings. The van der Waals surface area contributed by atoms with Crippen molar-refractivity contribution < 1.29 is 32.5 Å². The maximum absolute atomic E-state index is 15.8. The van der Waals surface area contributed by atoms with Gasteiger partial charge in [0.2, 0.25) is 0 Å². The number of hydrogen-bond donors (Lipinski definition) is 1. The van der Waals surface area contributed by atoms with Crippen LogP contribution in [0, 0.1) is 5.82 Å². The first-order chi connectivity index (χ1) is 20.2. The number of hydrogen-bond acceptors (Lipinski definition) is 7. The van der Waals surface area contributed by atoms with E-state index in [1.807, 2.05) is 36.2 Å². The van der Waals surface area contributed by atoms with Crippen LogP contribution in [-0.2, 0) is 26.6 Å². The lowest BCUT2D eigenvalue weighted by Crippen LogP contribution is -2.70. The van der Waals surface area contributed by atoms with Gasteiger partial charge in [0.05, 0.1) is 30.9 Å². The van der Waals surface area contributed by atoms with Crippen molar-refractivity contribution in [1.82, 2.24) is 14.9 Å². The van der Waals surface area contributed by atoms with Gasteiger partial charge in [-0.3, -0.25) is 9.80 Å². The molecule has 4 unspecified atom stereocenters. The number of hydrazine groups is 1. The smallest absolute Gasteiger partial charge is 0.280 e. The third-order valence-electron chi connectivity index (χ3n) is 8.95. The van der Waals surface area contributed by atoms with Crippen molar-refractivity contribution in [3.8, 4) is 21.6 Å². The molecule has 5 aliphatic rings. The van der Waals surface area contributed by atoms with Crippen LogP contribution in [0.4, 0.5) is 13.2 Å². The summed E-state index contributed by atoms with van der Waals surface area (Å²) in [5, 5.41) is 16.5. The standard InChI is InChI=1S/C31H26F3N3O4S/c1-15-12-41-13-22-36(15)30(39)27-28(38)21(40-2)9-10-35(27)37(22)26-17-5-3-4-6-18(17)29-23-16(14-42-29)11-31(33,34)25-20(32)8-7-19(26)24(23)25/h3-10,14-15,21-22,26,38H,11-13H2,1-2H3. The summed E-state index contributed by atoms with van der Waals surface area (Å²) in [6, 6.07) is 9.29. The van der Waals surface area contributed by atoms with E-state index in [2.05, 4.69) is 0 Å². The number of carbonyl (C=O) groups excluding carboxylic acids is 1. The zero-order chi connectivity index (χ0) is 29.1. The summed E-state index contributed by atoms with van der Waals surface area (Å²) < 4.78 is 58.4. The number of carbonyl (C=O) groups is 1. The average molecular weight is 594 g/mol. The topological polar surface area (TPSA) is 65.5 Å². The van der Waals surface area contributed by atoms with Crippen molar-refractivity contribution in [2.24, 2.45) is 0 Å². The molecule has 0 saturated carbocycles. The van der Waals surface area contributed by atoms with E-state index in [-0.39, 0.29) is 35.6 Å². The average Bonchev–Trinajstić information content (AvgIpc) is 3.33. The van der Waals surface area contributed by atoms with Gasteiger partial charge in [-0.1, -0.05) is 30.3 Å². The van der Waals surface area contributed by atoms with Crippen LogP contribution >= 0.6 is 11.3 Å². The molecule has 4 heterocycles. The second-order valence-corrected chi connectivity index (χ2v) is 12.1. The highest BCUT2D eigenvalue weighted by Gasteiger charge is 2.54. The molecule has 3 aliphatic heterocycles. The molecule has 2 saturated heterocycles. The number of methoxy groups -OCH3 is 1. The maximum atomic E-state index is 15.8. The molecule has 216 valence electrons. The molecule has 42 heavy (non-hydrogen) atoms. The lowest BCUT2D eigenvalue weighted by Gasteiger charge is -2.56. The number of fused-ring (bicyclic) bond motifs is 4. The molecule has 1 N–H and O–H groups in total. The summed E-state index contributed by atoms with van der Waals surface area (Å²) in [6.07, 6.45) is 1.24. The van der Waals surface area contributed by atoms with Crippen LogP contribution in [0.25, 0.3) is 21.6 Å². The monoisotopic (exact) mass is 593 g/mol. The lowest BCUT2D eigenvalue weighted by atomic mass is 9.80. The van der Waals surface area contributed by atoms with E-state index in [9.17, 15) is 9.90 Å². The molecule has 1 amide bonds. The van der Waals surface area contributed by atoms with Gasteiger partial charge in [0.1, 0.15) is 18.1 Å². The summed E-state index contributed by atoms with van der Waals surface area (Å²) in [6.45, 7) is 2.31. The van der Waals surface area contributed by atoms with Crippen molar-refractivity contribution in [1.29, 1.82) is 0 Å². The Hall–Kier alpha value is -3.64. The molecule has 0 radical (unpaired) electrons. The van der Waals surface area contributed by atoms with E-state index in [4.69, 9.17) is 9.47 Å². The van der Waals surface area contributed by atoms with Gasteiger partial charge in [0, 0.05) is 35.7 Å². The fraction of sp³-hybridized carbons (Fsp3) is 0.323. The van der Waals surface area contributed by atoms with Crippen LogP contribution in [0.15, 0.2) is 65.5 Å². The Morgan fingerprint density at radius 3 is 2.74 bits per heavy atom. The minimum atomic E-state index is -3.41. The quantitative estimate of drug-likeness (QED) is 0.412. The Morgan fingerprint density at radius 1 is 1.12 bits per heavy atom. The molecule has 3 aromatic rings. The molecule has 2 aromatic carbocycles. The minimum absolute atomic E-state index is 0.0212. The molecule has 1 aromatic heterocycles. The number of nitrogens with zero attached hydrogens (tertiary/aromatic N) is 3. The van der Waals surface area contributed by atoms with Crippen LogP contribution in [0.3, 0.4) is 0 Å². The molecular formula is C31H26F3N3O4S. The van der Waals surface area contributed by atoms with E-state index >= 15 is 13.2 Å². The Kier molecular flexibility index (Phi) is 5.53. The van der Waals surface area contributed by atoms with E-state index in [1.54, 1.807) is 33.6 Å². The molecule has 0 spiro atoms. The van der Waals surface area contributed by atoms with Crippen molar-refractivity contribution in [3.63, 3.8) is 0 Å². The zero-order valence-corrected chi connectivity index (χ0v) is 23.5. The Bertz CT molecular complexity index is 1740. The van der Waals surface area contributed by atoms with Gasteiger partial charge in [-0.05, 0) is 46.7 Å². The van der Waals surface area contributed by atoms with Crippen LogP contribution in [-0.4, -0.2) is 64.6 Å². The lowest BCUT2D eigenvalue weighted by molar-refractivity contribution is -0.200. The van der Waals surface area contributed by atoms with Crippen LogP contribution < -0.4 is 0 Å². The summed E-state index contributed by atoms with van der Waals surface area (Å²) in [4.78, 5) is 16.5. The SMILES string of the molecule is COC1C=CN2C(=C1O)C(=O)N1C(C)COCC1N2C1c2ccccc2-c2scc3c2-c2c1ccc(F)c2C(F)(F)C3. The number of halogens is 3. The highest BCUT2D eigenvalue weighted by atomic mass is 32.1. The van der Waals surface area contributed by atoms with Crippen molar-refractivity contribution in [3.05, 3.63) is 93.6 Å². The van der Waals surface area contributed by atoms with Crippen LogP contribution in [0.2, 0.25) is 0 Å². The number of benzene rings is 2. The summed E-state index contributed by atoms with van der Waals surface area (Å²) in [5.74, 6) is -4.99. The van der Waals surface area contributed by atoms with E-state index in [1.165, 1.54) is 18.4 Å². The van der Waals surface area contributed by atoms with Gasteiger partial charge in [-0.2, -0.15) is 5.01 Å². The number of aliphatic hydroxyl groups is 1. The maximum Gasteiger partial charge on any atom is 0.280 e. The number of thiophene rings is 1. The minimum Gasteiger partial charge on any atom is -0.507 e. The highest BCUT2D eigenvalue weighted by Crippen LogP contribution is 2.58. The number of alkyl halides is 2. The Balaban J connectivity index is 1.46. The first-order valence-corrected chi connectivity index (χ1v) is 14.6. The summed E-state index contributed by atoms with van der Waals surface area (Å²) >= 11 is 1.38. The largest absolute Gasteiger partial charge is 0.507 e. The van der Waals surface area contributed by atoms with Gasteiger partial charge >= 0.3 is 0 Å². The van der Waals surface area contributed by atoms with Crippen LogP contribution in [0.1, 0.15) is 35.2 Å². The predicted molar refractivity (Wildman–Crippen MR) is 149 cm³/mol. The van der Waals surface area contributed by atoms with Gasteiger partial charge in [0.15, 0.2) is 11.5 Å². The molecule has 0 bridgehead atoms. The number of amides is 1. The third kappa shape index (κ3) is 3.30. The number of aliphatic hydroxyl groups excluding tert-OH is 1. The first kappa shape index (κ1) is 26.0. The first-order valence-electron chi connectivity index (χ1n) is 13.8. The zero-order valence-electron chi connectivity index (χ0n) is 22.7. The molecule has 7 nitrogen and oxygen atoms in total. The fourth-order valence-corrected chi connectivity index (χ4v) is 8.36. The molecule has 4 atom stereocenters. The number of ether oxygens (including phenoxy) is 2. The van der Waals surface area contributed by atoms with Crippen LogP contribution in [0.5, 0.6) is 0 Å². The van der Waals surface area contributed by atoms with Gasteiger partial charge in [-0.15, -0.1) is 11.3 Å². The summed E-state index contributed by atoms with van der Waals surface area (Å²) in [7, 11) is 1.44. The van der Waals surface area contributed by atoms with Gasteiger partial charge in [0.25, 0.3) is 11.8 Å². The normalized spacial score (nSPS) is 27.3. The van der Waals surface area contributed by atoms with E-state index in [0.717, 1.165) is 22.1 Å². The Morgan fingerprint density at radius 2 is 1.93 bits per heavy atom. The number of rotatable bonds is 2. The number of morpholine rings is 1. The van der Waals surface area contributed by atoms with E-state index in [0.29, 0.717) is 23.3 Å². The van der Waals surface area contributed by atoms with Crippen molar-refractivity contribution in [2.45, 2.75) is 43.6 Å². The Labute approximate surface area is 243 Å². The second kappa shape index (κ2) is 8.93. The molecule has 2 aliphatic carbocycles. The summed E-state index contributed by atoms with van der Waals surface area (Å²) in [5.41, 5.74) is 2.88. The molecular weight excluding hydrogens is 567 g/mol.